The summed E-state index contributed by atoms with van der Waals surface area (Å²) in [5, 5.41) is 2.91. The predicted molar refractivity (Wildman–Crippen MR) is 136 cm³/mol. The molecule has 1 aliphatic rings. The van der Waals surface area contributed by atoms with Crippen molar-refractivity contribution in [1.29, 1.82) is 0 Å². The summed E-state index contributed by atoms with van der Waals surface area (Å²) in [6.07, 6.45) is 0. The van der Waals surface area contributed by atoms with Crippen molar-refractivity contribution in [2.45, 2.75) is 32.6 Å². The first-order valence-electron chi connectivity index (χ1n) is 11.7. The molecular weight excluding hydrogens is 452 g/mol. The third kappa shape index (κ3) is 6.08. The molecular formula is C25H36N4O4S. The van der Waals surface area contributed by atoms with Crippen molar-refractivity contribution in [3.8, 4) is 5.75 Å². The van der Waals surface area contributed by atoms with Gasteiger partial charge in [-0.25, -0.2) is 8.42 Å². The average molecular weight is 489 g/mol. The van der Waals surface area contributed by atoms with Gasteiger partial charge in [-0.1, -0.05) is 26.0 Å². The monoisotopic (exact) mass is 488 g/mol. The molecule has 8 nitrogen and oxygen atoms in total. The fourth-order valence-corrected chi connectivity index (χ4v) is 5.49. The fraction of sp³-hybridized carbons (Fsp3) is 0.480. The van der Waals surface area contributed by atoms with Crippen LogP contribution < -0.4 is 15.0 Å². The van der Waals surface area contributed by atoms with Crippen LogP contribution in [0.4, 0.5) is 11.4 Å². The van der Waals surface area contributed by atoms with Gasteiger partial charge in [0.05, 0.1) is 16.3 Å². The second kappa shape index (κ2) is 11.2. The van der Waals surface area contributed by atoms with Gasteiger partial charge in [0.15, 0.2) is 6.61 Å². The van der Waals surface area contributed by atoms with Crippen LogP contribution in [0.1, 0.15) is 25.0 Å². The molecule has 0 unspecified atom stereocenters. The van der Waals surface area contributed by atoms with Crippen LogP contribution in [-0.2, 0) is 14.8 Å². The number of anilines is 2. The van der Waals surface area contributed by atoms with Crippen molar-refractivity contribution >= 4 is 27.3 Å². The minimum Gasteiger partial charge on any atom is -0.483 e. The third-order valence-corrected chi connectivity index (χ3v) is 8.18. The van der Waals surface area contributed by atoms with Crippen LogP contribution in [0, 0.1) is 13.8 Å². The number of sulfonamides is 1. The average Bonchev–Trinajstić information content (AvgIpc) is 2.81. The van der Waals surface area contributed by atoms with Crippen LogP contribution in [0.25, 0.3) is 0 Å². The molecule has 1 aliphatic heterocycles. The maximum absolute atomic E-state index is 13.1. The number of amides is 1. The standard InChI is InChI=1S/C25H36N4O4S/c1-6-29(7-2)34(31,32)21-10-11-23(28-14-12-27(5)13-15-28)22(17-21)26-25(30)18-33-24-16-19(3)8-9-20(24)4/h8-11,16-17H,6-7,12-15,18H2,1-5H3,(H,26,30). The molecule has 9 heteroatoms. The molecule has 1 amide bonds. The number of carbonyl (C=O) groups is 1. The van der Waals surface area contributed by atoms with Crippen LogP contribution in [0.2, 0.25) is 0 Å². The summed E-state index contributed by atoms with van der Waals surface area (Å²) >= 11 is 0. The Morgan fingerprint density at radius 3 is 2.35 bits per heavy atom. The van der Waals surface area contributed by atoms with Gasteiger partial charge in [0.1, 0.15) is 5.75 Å². The van der Waals surface area contributed by atoms with Gasteiger partial charge in [-0.3, -0.25) is 4.79 Å². The smallest absolute Gasteiger partial charge is 0.262 e. The molecule has 34 heavy (non-hydrogen) atoms. The highest BCUT2D eigenvalue weighted by molar-refractivity contribution is 7.89. The third-order valence-electron chi connectivity index (χ3n) is 6.13. The van der Waals surface area contributed by atoms with E-state index in [1.165, 1.54) is 4.31 Å². The molecule has 2 aromatic rings. The number of likely N-dealkylation sites (N-methyl/N-ethyl adjacent to an activating group) is 1. The van der Waals surface area contributed by atoms with Crippen molar-refractivity contribution in [3.63, 3.8) is 0 Å². The maximum atomic E-state index is 13.1. The van der Waals surface area contributed by atoms with E-state index in [1.54, 1.807) is 18.2 Å². The molecule has 0 aliphatic carbocycles. The Morgan fingerprint density at radius 2 is 1.71 bits per heavy atom. The zero-order valence-corrected chi connectivity index (χ0v) is 21.6. The van der Waals surface area contributed by atoms with Crippen LogP contribution in [0.5, 0.6) is 5.75 Å². The number of piperazine rings is 1. The predicted octanol–water partition coefficient (Wildman–Crippen LogP) is 3.10. The fourth-order valence-electron chi connectivity index (χ4n) is 4.00. The largest absolute Gasteiger partial charge is 0.483 e. The van der Waals surface area contributed by atoms with Crippen LogP contribution in [0.3, 0.4) is 0 Å². The molecule has 1 saturated heterocycles. The van der Waals surface area contributed by atoms with E-state index >= 15 is 0 Å². The molecule has 0 aromatic heterocycles. The highest BCUT2D eigenvalue weighted by atomic mass is 32.2. The summed E-state index contributed by atoms with van der Waals surface area (Å²) in [4.78, 5) is 17.4. The molecule has 3 rings (SSSR count). The Balaban J connectivity index is 1.87. The van der Waals surface area contributed by atoms with E-state index in [1.807, 2.05) is 45.9 Å². The van der Waals surface area contributed by atoms with E-state index in [4.69, 9.17) is 4.74 Å². The van der Waals surface area contributed by atoms with Gasteiger partial charge in [-0.15, -0.1) is 0 Å². The van der Waals surface area contributed by atoms with Gasteiger partial charge in [-0.05, 0) is 56.3 Å². The van der Waals surface area contributed by atoms with Crippen LogP contribution in [0.15, 0.2) is 41.3 Å². The minimum absolute atomic E-state index is 0.167. The number of ether oxygens (including phenoxy) is 1. The minimum atomic E-state index is -3.66. The zero-order chi connectivity index (χ0) is 24.9. The molecule has 0 atom stereocenters. The van der Waals surface area contributed by atoms with E-state index in [0.29, 0.717) is 24.5 Å². The van der Waals surface area contributed by atoms with Crippen molar-refractivity contribution in [2.24, 2.45) is 0 Å². The summed E-state index contributed by atoms with van der Waals surface area (Å²) in [7, 11) is -1.58. The van der Waals surface area contributed by atoms with E-state index in [9.17, 15) is 13.2 Å². The molecule has 0 radical (unpaired) electrons. The van der Waals surface area contributed by atoms with Gasteiger partial charge in [0.2, 0.25) is 10.0 Å². The lowest BCUT2D eigenvalue weighted by molar-refractivity contribution is -0.118. The van der Waals surface area contributed by atoms with Crippen molar-refractivity contribution < 1.29 is 17.9 Å². The first-order chi connectivity index (χ1) is 16.1. The topological polar surface area (TPSA) is 82.2 Å². The van der Waals surface area contributed by atoms with Gasteiger partial charge in [0, 0.05) is 39.3 Å². The zero-order valence-electron chi connectivity index (χ0n) is 20.8. The molecule has 0 spiro atoms. The number of hydrogen-bond acceptors (Lipinski definition) is 6. The van der Waals surface area contributed by atoms with Gasteiger partial charge in [0.25, 0.3) is 5.91 Å². The number of benzene rings is 2. The van der Waals surface area contributed by atoms with Crippen LogP contribution >= 0.6 is 0 Å². The number of aryl methyl sites for hydroxylation is 2. The second-order valence-corrected chi connectivity index (χ2v) is 10.6. The van der Waals surface area contributed by atoms with Crippen molar-refractivity contribution in [2.75, 3.05) is 63.1 Å². The lowest BCUT2D eigenvalue weighted by atomic mass is 10.1. The second-order valence-electron chi connectivity index (χ2n) is 8.66. The Kier molecular flexibility index (Phi) is 8.57. The Bertz CT molecular complexity index is 1110. The Morgan fingerprint density at radius 1 is 1.03 bits per heavy atom. The quantitative estimate of drug-likeness (QED) is 0.584. The number of hydrogen-bond donors (Lipinski definition) is 1. The SMILES string of the molecule is CCN(CC)S(=O)(=O)c1ccc(N2CCN(C)CC2)c(NC(=O)COc2cc(C)ccc2C)c1. The van der Waals surface area contributed by atoms with Gasteiger partial charge in [-0.2, -0.15) is 4.31 Å². The highest BCUT2D eigenvalue weighted by Crippen LogP contribution is 2.31. The van der Waals surface area contributed by atoms with E-state index in [2.05, 4.69) is 22.2 Å². The molecule has 1 N–H and O–H groups in total. The number of carbonyl (C=O) groups excluding carboxylic acids is 1. The molecule has 0 saturated carbocycles. The molecule has 1 heterocycles. The number of nitrogens with zero attached hydrogens (tertiary/aromatic N) is 3. The summed E-state index contributed by atoms with van der Waals surface area (Å²) in [5.74, 6) is 0.320. The lowest BCUT2D eigenvalue weighted by Gasteiger charge is -2.35. The van der Waals surface area contributed by atoms with Crippen molar-refractivity contribution in [3.05, 3.63) is 47.5 Å². The van der Waals surface area contributed by atoms with Crippen molar-refractivity contribution in [1.82, 2.24) is 9.21 Å². The molecule has 0 bridgehead atoms. The highest BCUT2D eigenvalue weighted by Gasteiger charge is 2.25. The molecule has 1 fully saturated rings. The van der Waals surface area contributed by atoms with E-state index in [-0.39, 0.29) is 17.4 Å². The van der Waals surface area contributed by atoms with Gasteiger partial charge >= 0.3 is 0 Å². The van der Waals surface area contributed by atoms with E-state index in [0.717, 1.165) is 43.0 Å². The van der Waals surface area contributed by atoms with E-state index < -0.39 is 10.0 Å². The summed E-state index contributed by atoms with van der Waals surface area (Å²) in [6, 6.07) is 10.8. The molecule has 186 valence electrons. The normalized spacial score (nSPS) is 14.9. The summed E-state index contributed by atoms with van der Waals surface area (Å²) < 4.78 is 33.4. The lowest BCUT2D eigenvalue weighted by Crippen LogP contribution is -2.44. The first-order valence-corrected chi connectivity index (χ1v) is 13.2. The summed E-state index contributed by atoms with van der Waals surface area (Å²) in [6.45, 7) is 11.5. The van der Waals surface area contributed by atoms with Gasteiger partial charge < -0.3 is 19.9 Å². The number of rotatable bonds is 9. The first kappa shape index (κ1) is 26.0. The summed E-state index contributed by atoms with van der Waals surface area (Å²) in [5.41, 5.74) is 3.29. The Hall–Kier alpha value is -2.62. The van der Waals surface area contributed by atoms with Crippen LogP contribution in [-0.4, -0.2) is 76.5 Å². The number of nitrogens with one attached hydrogen (secondary N) is 1. The Labute approximate surface area is 203 Å². The maximum Gasteiger partial charge on any atom is 0.262 e. The molecule has 2 aromatic carbocycles.